The molecule has 16 heavy (non-hydrogen) atoms. The summed E-state index contributed by atoms with van der Waals surface area (Å²) in [5, 5.41) is 0. The summed E-state index contributed by atoms with van der Waals surface area (Å²) in [7, 11) is 1.87. The van der Waals surface area contributed by atoms with Crippen molar-refractivity contribution in [2.45, 2.75) is 6.92 Å². The molecule has 0 saturated carbocycles. The molecule has 0 aliphatic rings. The summed E-state index contributed by atoms with van der Waals surface area (Å²) in [5.74, 6) is -0.243. The van der Waals surface area contributed by atoms with Gasteiger partial charge < -0.3 is 15.4 Å². The number of rotatable bonds is 5. The predicted molar refractivity (Wildman–Crippen MR) is 73.3 cm³/mol. The van der Waals surface area contributed by atoms with Gasteiger partial charge >= 0.3 is 0 Å². The molecule has 0 saturated heterocycles. The number of anilines is 2. The van der Waals surface area contributed by atoms with Gasteiger partial charge in [-0.05, 0) is 35.6 Å². The number of ether oxygens (including phenoxy) is 1. The molecule has 0 atom stereocenters. The molecule has 90 valence electrons. The van der Waals surface area contributed by atoms with E-state index in [1.165, 1.54) is 6.07 Å². The minimum absolute atomic E-state index is 0.243. The van der Waals surface area contributed by atoms with Crippen LogP contribution >= 0.6 is 22.6 Å². The Morgan fingerprint density at radius 3 is 2.81 bits per heavy atom. The van der Waals surface area contributed by atoms with E-state index in [0.29, 0.717) is 34.7 Å². The lowest BCUT2D eigenvalue weighted by Gasteiger charge is -2.21. The monoisotopic (exact) mass is 338 g/mol. The Morgan fingerprint density at radius 1 is 1.50 bits per heavy atom. The minimum Gasteiger partial charge on any atom is -0.397 e. The van der Waals surface area contributed by atoms with Crippen LogP contribution in [0.15, 0.2) is 12.1 Å². The van der Waals surface area contributed by atoms with Gasteiger partial charge in [-0.1, -0.05) is 0 Å². The molecule has 1 rings (SSSR count). The second-order valence-corrected chi connectivity index (χ2v) is 4.61. The number of nitrogens with zero attached hydrogens (tertiary/aromatic N) is 1. The highest BCUT2D eigenvalue weighted by atomic mass is 127. The molecular formula is C11H16FIN2O. The third kappa shape index (κ3) is 3.48. The molecule has 0 aliphatic carbocycles. The van der Waals surface area contributed by atoms with Crippen LogP contribution in [-0.2, 0) is 4.74 Å². The molecule has 0 heterocycles. The first-order valence-electron chi connectivity index (χ1n) is 5.09. The van der Waals surface area contributed by atoms with Gasteiger partial charge in [-0.2, -0.15) is 0 Å². The normalized spacial score (nSPS) is 10.5. The Hall–Kier alpha value is -0.560. The molecule has 0 aromatic heterocycles. The number of benzene rings is 1. The Kier molecular flexibility index (Phi) is 5.27. The average molecular weight is 338 g/mol. The number of hydrogen-bond acceptors (Lipinski definition) is 3. The number of nitrogen functional groups attached to an aromatic ring is 1. The van der Waals surface area contributed by atoms with Crippen LogP contribution < -0.4 is 10.6 Å². The van der Waals surface area contributed by atoms with E-state index in [9.17, 15) is 4.39 Å². The first-order chi connectivity index (χ1) is 7.56. The quantitative estimate of drug-likeness (QED) is 0.509. The Labute approximate surface area is 109 Å². The zero-order chi connectivity index (χ0) is 12.1. The largest absolute Gasteiger partial charge is 0.397 e. The van der Waals surface area contributed by atoms with Crippen LogP contribution in [0.25, 0.3) is 0 Å². The fourth-order valence-electron chi connectivity index (χ4n) is 1.35. The number of likely N-dealkylation sites (N-methyl/N-ethyl adjacent to an activating group) is 1. The highest BCUT2D eigenvalue weighted by Gasteiger charge is 2.09. The van der Waals surface area contributed by atoms with Crippen molar-refractivity contribution in [1.29, 1.82) is 0 Å². The van der Waals surface area contributed by atoms with E-state index >= 15 is 0 Å². The van der Waals surface area contributed by atoms with Gasteiger partial charge in [-0.15, -0.1) is 0 Å². The van der Waals surface area contributed by atoms with Gasteiger partial charge in [0, 0.05) is 26.3 Å². The standard InChI is InChI=1S/C11H16FIN2O/c1-3-16-5-4-15(2)11-6-8(12)9(13)7-10(11)14/h6-7H,3-5,14H2,1-2H3. The van der Waals surface area contributed by atoms with Gasteiger partial charge in [-0.25, -0.2) is 4.39 Å². The molecular weight excluding hydrogens is 322 g/mol. The number of halogens is 2. The molecule has 1 aromatic carbocycles. The first kappa shape index (κ1) is 13.5. The first-order valence-corrected chi connectivity index (χ1v) is 6.17. The minimum atomic E-state index is -0.243. The molecule has 0 spiro atoms. The summed E-state index contributed by atoms with van der Waals surface area (Å²) >= 11 is 1.93. The third-order valence-electron chi connectivity index (χ3n) is 2.26. The number of hydrogen-bond donors (Lipinski definition) is 1. The van der Waals surface area contributed by atoms with Crippen molar-refractivity contribution in [3.05, 3.63) is 21.5 Å². The molecule has 0 unspecified atom stereocenters. The van der Waals surface area contributed by atoms with Crippen molar-refractivity contribution in [3.8, 4) is 0 Å². The maximum absolute atomic E-state index is 13.4. The third-order valence-corrected chi connectivity index (χ3v) is 3.08. The zero-order valence-electron chi connectivity index (χ0n) is 9.46. The fraction of sp³-hybridized carbons (Fsp3) is 0.455. The maximum Gasteiger partial charge on any atom is 0.138 e. The number of nitrogens with two attached hydrogens (primary N) is 1. The van der Waals surface area contributed by atoms with Gasteiger partial charge in [-0.3, -0.25) is 0 Å². The predicted octanol–water partition coefficient (Wildman–Crippen LogP) is 2.49. The lowest BCUT2D eigenvalue weighted by atomic mass is 10.2. The second kappa shape index (κ2) is 6.24. The van der Waals surface area contributed by atoms with Gasteiger partial charge in [0.2, 0.25) is 0 Å². The van der Waals surface area contributed by atoms with Crippen molar-refractivity contribution in [2.24, 2.45) is 0 Å². The van der Waals surface area contributed by atoms with Gasteiger partial charge in [0.15, 0.2) is 0 Å². The molecule has 0 bridgehead atoms. The Morgan fingerprint density at radius 2 is 2.19 bits per heavy atom. The SMILES string of the molecule is CCOCCN(C)c1cc(F)c(I)cc1N. The molecule has 2 N–H and O–H groups in total. The lowest BCUT2D eigenvalue weighted by Crippen LogP contribution is -2.23. The van der Waals surface area contributed by atoms with E-state index < -0.39 is 0 Å². The van der Waals surface area contributed by atoms with E-state index in [0.717, 1.165) is 0 Å². The molecule has 1 aromatic rings. The summed E-state index contributed by atoms with van der Waals surface area (Å²) in [6, 6.07) is 3.10. The van der Waals surface area contributed by atoms with Crippen LogP contribution in [0.4, 0.5) is 15.8 Å². The Bertz CT molecular complexity index is 360. The molecule has 0 amide bonds. The van der Waals surface area contributed by atoms with Crippen LogP contribution in [0.5, 0.6) is 0 Å². The van der Waals surface area contributed by atoms with Crippen molar-refractivity contribution in [1.82, 2.24) is 0 Å². The van der Waals surface area contributed by atoms with Crippen molar-refractivity contribution in [2.75, 3.05) is 37.4 Å². The van der Waals surface area contributed by atoms with Gasteiger partial charge in [0.1, 0.15) is 5.82 Å². The van der Waals surface area contributed by atoms with Gasteiger partial charge in [0.25, 0.3) is 0 Å². The van der Waals surface area contributed by atoms with Crippen LogP contribution in [0.2, 0.25) is 0 Å². The van der Waals surface area contributed by atoms with Crippen molar-refractivity contribution >= 4 is 34.0 Å². The molecule has 0 fully saturated rings. The van der Waals surface area contributed by atoms with Crippen LogP contribution in [0, 0.1) is 9.39 Å². The highest BCUT2D eigenvalue weighted by molar-refractivity contribution is 14.1. The summed E-state index contributed by atoms with van der Waals surface area (Å²) in [6.45, 7) is 3.93. The molecule has 3 nitrogen and oxygen atoms in total. The van der Waals surface area contributed by atoms with E-state index in [2.05, 4.69) is 0 Å². The van der Waals surface area contributed by atoms with E-state index in [4.69, 9.17) is 10.5 Å². The zero-order valence-corrected chi connectivity index (χ0v) is 11.6. The second-order valence-electron chi connectivity index (χ2n) is 3.44. The summed E-state index contributed by atoms with van der Waals surface area (Å²) in [5.41, 5.74) is 7.14. The van der Waals surface area contributed by atoms with Crippen LogP contribution in [0.3, 0.4) is 0 Å². The van der Waals surface area contributed by atoms with Crippen LogP contribution in [0.1, 0.15) is 6.92 Å². The summed E-state index contributed by atoms with van der Waals surface area (Å²) in [6.07, 6.45) is 0. The smallest absolute Gasteiger partial charge is 0.138 e. The van der Waals surface area contributed by atoms with E-state index in [1.54, 1.807) is 6.07 Å². The fourth-order valence-corrected chi connectivity index (χ4v) is 1.84. The summed E-state index contributed by atoms with van der Waals surface area (Å²) in [4.78, 5) is 1.89. The van der Waals surface area contributed by atoms with Crippen molar-refractivity contribution < 1.29 is 9.13 Å². The molecule has 0 aliphatic heterocycles. The maximum atomic E-state index is 13.4. The lowest BCUT2D eigenvalue weighted by molar-refractivity contribution is 0.154. The van der Waals surface area contributed by atoms with Crippen LogP contribution in [-0.4, -0.2) is 26.8 Å². The Balaban J connectivity index is 2.75. The van der Waals surface area contributed by atoms with E-state index in [-0.39, 0.29) is 5.82 Å². The summed E-state index contributed by atoms with van der Waals surface area (Å²) < 4.78 is 19.2. The molecule has 0 radical (unpaired) electrons. The van der Waals surface area contributed by atoms with E-state index in [1.807, 2.05) is 41.5 Å². The van der Waals surface area contributed by atoms with Gasteiger partial charge in [0.05, 0.1) is 21.6 Å². The molecule has 5 heteroatoms. The average Bonchev–Trinajstić information content (AvgIpc) is 2.23. The highest BCUT2D eigenvalue weighted by Crippen LogP contribution is 2.26. The topological polar surface area (TPSA) is 38.5 Å². The van der Waals surface area contributed by atoms with Crippen molar-refractivity contribution in [3.63, 3.8) is 0 Å².